The largest absolute Gasteiger partial charge is 0.479 e. The maximum atomic E-state index is 12.9. The minimum Gasteiger partial charge on any atom is -0.479 e. The predicted molar refractivity (Wildman–Crippen MR) is 130 cm³/mol. The Balaban J connectivity index is 1.61. The normalized spacial score (nSPS) is 12.2. The molecule has 1 N–H and O–H groups in total. The number of hydrogen-bond acceptors (Lipinski definition) is 3. The maximum absolute atomic E-state index is 12.9. The van der Waals surface area contributed by atoms with Gasteiger partial charge in [-0.1, -0.05) is 79.9 Å². The molecule has 0 saturated carbocycles. The number of ketones is 1. The van der Waals surface area contributed by atoms with Crippen LogP contribution in [0.15, 0.2) is 72.9 Å². The van der Waals surface area contributed by atoms with Crippen LogP contribution in [0.3, 0.4) is 0 Å². The monoisotopic (exact) mass is 445 g/mol. The summed E-state index contributed by atoms with van der Waals surface area (Å²) in [6, 6.07) is 19.2. The van der Waals surface area contributed by atoms with Crippen LogP contribution in [0.5, 0.6) is 0 Å². The van der Waals surface area contributed by atoms with Gasteiger partial charge in [0, 0.05) is 18.3 Å². The minimum atomic E-state index is -0.915. The molecule has 1 atom stereocenters. The number of benzene rings is 2. The van der Waals surface area contributed by atoms with E-state index in [0.29, 0.717) is 24.2 Å². The van der Waals surface area contributed by atoms with Gasteiger partial charge in [-0.05, 0) is 42.7 Å². The van der Waals surface area contributed by atoms with Crippen molar-refractivity contribution in [3.8, 4) is 0 Å². The van der Waals surface area contributed by atoms with Crippen LogP contribution in [0.2, 0.25) is 0 Å². The lowest BCUT2D eigenvalue weighted by molar-refractivity contribution is -0.151. The van der Waals surface area contributed by atoms with E-state index in [1.165, 1.54) is 0 Å². The summed E-state index contributed by atoms with van der Waals surface area (Å²) in [5, 5.41) is 9.32. The molecule has 0 saturated heterocycles. The number of carbonyl (C=O) groups is 2. The number of unbranched alkanes of at least 4 members (excludes halogenated alkanes) is 1. The van der Waals surface area contributed by atoms with Crippen molar-refractivity contribution >= 4 is 17.8 Å². The van der Waals surface area contributed by atoms with Crippen molar-refractivity contribution < 1.29 is 19.4 Å². The molecule has 5 nitrogen and oxygen atoms in total. The molecule has 0 bridgehead atoms. The number of aliphatic carboxylic acids is 1. The van der Waals surface area contributed by atoms with Crippen molar-refractivity contribution in [1.82, 2.24) is 4.57 Å². The van der Waals surface area contributed by atoms with E-state index in [1.807, 2.05) is 97.4 Å². The highest BCUT2D eigenvalue weighted by Gasteiger charge is 2.17. The number of carbonyl (C=O) groups excluding carboxylic acids is 1. The number of nitrogens with zero attached hydrogens (tertiary/aromatic N) is 1. The van der Waals surface area contributed by atoms with Crippen LogP contribution in [0.1, 0.15) is 58.9 Å². The van der Waals surface area contributed by atoms with Crippen molar-refractivity contribution in [3.63, 3.8) is 0 Å². The van der Waals surface area contributed by atoms with Crippen LogP contribution in [-0.4, -0.2) is 27.5 Å². The Morgan fingerprint density at radius 1 is 1.09 bits per heavy atom. The first-order valence-corrected chi connectivity index (χ1v) is 11.3. The summed E-state index contributed by atoms with van der Waals surface area (Å²) in [7, 11) is 0. The highest BCUT2D eigenvalue weighted by Crippen LogP contribution is 2.15. The van der Waals surface area contributed by atoms with Gasteiger partial charge < -0.3 is 14.4 Å². The summed E-state index contributed by atoms with van der Waals surface area (Å²) in [5.41, 5.74) is 4.37. The Hall–Kier alpha value is -3.44. The summed E-state index contributed by atoms with van der Waals surface area (Å²) in [6.45, 7) is 4.86. The Morgan fingerprint density at radius 2 is 1.88 bits per heavy atom. The topological polar surface area (TPSA) is 68.5 Å². The quantitative estimate of drug-likeness (QED) is 0.352. The highest BCUT2D eigenvalue weighted by molar-refractivity contribution is 6.08. The first kappa shape index (κ1) is 24.2. The van der Waals surface area contributed by atoms with E-state index in [-0.39, 0.29) is 12.4 Å². The minimum absolute atomic E-state index is 0.00334. The summed E-state index contributed by atoms with van der Waals surface area (Å²) >= 11 is 0. The van der Waals surface area contributed by atoms with Gasteiger partial charge in [-0.3, -0.25) is 4.79 Å². The van der Waals surface area contributed by atoms with Crippen LogP contribution >= 0.6 is 0 Å². The van der Waals surface area contributed by atoms with Crippen molar-refractivity contribution in [2.24, 2.45) is 0 Å². The van der Waals surface area contributed by atoms with Gasteiger partial charge in [-0.15, -0.1) is 0 Å². The van der Waals surface area contributed by atoms with Gasteiger partial charge in [0.05, 0.1) is 12.3 Å². The number of aromatic nitrogens is 1. The van der Waals surface area contributed by atoms with Gasteiger partial charge in [0.2, 0.25) is 5.78 Å². The molecule has 0 spiro atoms. The number of allylic oxidation sites excluding steroid dienone is 1. The lowest BCUT2D eigenvalue weighted by atomic mass is 10.1. The molecular formula is C28H31NO4. The van der Waals surface area contributed by atoms with Gasteiger partial charge >= 0.3 is 5.97 Å². The Bertz CT molecular complexity index is 1100. The molecule has 5 heteroatoms. The lowest BCUT2D eigenvalue weighted by Gasteiger charge is -2.13. The zero-order valence-corrected chi connectivity index (χ0v) is 19.2. The summed E-state index contributed by atoms with van der Waals surface area (Å²) in [4.78, 5) is 24.2. The number of ether oxygens (including phenoxy) is 1. The number of aryl methyl sites for hydroxylation is 1. The van der Waals surface area contributed by atoms with E-state index in [1.54, 1.807) is 0 Å². The second-order valence-corrected chi connectivity index (χ2v) is 8.17. The molecule has 2 aromatic carbocycles. The molecule has 3 aromatic rings. The average Bonchev–Trinajstić information content (AvgIpc) is 3.28. The van der Waals surface area contributed by atoms with Crippen LogP contribution in [0.4, 0.5) is 0 Å². The fraction of sp³-hybridized carbons (Fsp3) is 0.286. The van der Waals surface area contributed by atoms with E-state index >= 15 is 0 Å². The third-order valence-corrected chi connectivity index (χ3v) is 5.49. The van der Waals surface area contributed by atoms with E-state index in [9.17, 15) is 14.7 Å². The van der Waals surface area contributed by atoms with Crippen molar-refractivity contribution in [1.29, 1.82) is 0 Å². The maximum Gasteiger partial charge on any atom is 0.332 e. The molecule has 3 rings (SSSR count). The van der Waals surface area contributed by atoms with Gasteiger partial charge in [-0.2, -0.15) is 0 Å². The predicted octanol–water partition coefficient (Wildman–Crippen LogP) is 5.90. The number of carboxylic acid groups (broad SMARTS) is 1. The molecular weight excluding hydrogens is 414 g/mol. The van der Waals surface area contributed by atoms with Crippen molar-refractivity contribution in [2.45, 2.75) is 52.4 Å². The molecule has 0 fully saturated rings. The van der Waals surface area contributed by atoms with Gasteiger partial charge in [0.25, 0.3) is 0 Å². The summed E-state index contributed by atoms with van der Waals surface area (Å²) in [6.07, 6.45) is 7.41. The second-order valence-electron chi connectivity index (χ2n) is 8.17. The SMILES string of the molecule is CCCCC(OCc1cccc(C=CCn2cccc2C(=O)c2ccc(C)cc2)c1)C(=O)O. The zero-order valence-electron chi connectivity index (χ0n) is 19.2. The van der Waals surface area contributed by atoms with E-state index in [0.717, 1.165) is 29.5 Å². The Labute approximate surface area is 195 Å². The van der Waals surface area contributed by atoms with Crippen molar-refractivity contribution in [3.05, 3.63) is 101 Å². The molecule has 0 aliphatic carbocycles. The first-order chi connectivity index (χ1) is 16.0. The van der Waals surface area contributed by atoms with Crippen LogP contribution in [0, 0.1) is 6.92 Å². The van der Waals surface area contributed by atoms with E-state index < -0.39 is 12.1 Å². The van der Waals surface area contributed by atoms with E-state index in [2.05, 4.69) is 0 Å². The molecule has 0 radical (unpaired) electrons. The van der Waals surface area contributed by atoms with Crippen molar-refractivity contribution in [2.75, 3.05) is 0 Å². The summed E-state index contributed by atoms with van der Waals surface area (Å²) < 4.78 is 7.56. The second kappa shape index (κ2) is 12.0. The average molecular weight is 446 g/mol. The standard InChI is InChI=1S/C28H31NO4/c1-3-4-12-26(28(31)32)33-20-23-9-5-8-22(19-23)10-6-17-29-18-7-11-25(29)27(30)24-15-13-21(2)14-16-24/h5-11,13-16,18-19,26H,3-4,12,17,20H2,1-2H3,(H,31,32). The fourth-order valence-electron chi connectivity index (χ4n) is 3.59. The third kappa shape index (κ3) is 7.02. The molecule has 33 heavy (non-hydrogen) atoms. The molecule has 0 amide bonds. The number of rotatable bonds is 12. The Kier molecular flexibility index (Phi) is 8.79. The first-order valence-electron chi connectivity index (χ1n) is 11.3. The molecule has 1 unspecified atom stereocenters. The van der Waals surface area contributed by atoms with Crippen LogP contribution in [0.25, 0.3) is 6.08 Å². The molecule has 1 heterocycles. The smallest absolute Gasteiger partial charge is 0.332 e. The van der Waals surface area contributed by atoms with Crippen LogP contribution < -0.4 is 0 Å². The molecule has 0 aliphatic heterocycles. The lowest BCUT2D eigenvalue weighted by Crippen LogP contribution is -2.23. The van der Waals surface area contributed by atoms with Crippen LogP contribution in [-0.2, 0) is 22.7 Å². The van der Waals surface area contributed by atoms with Gasteiger partial charge in [0.1, 0.15) is 0 Å². The number of hydrogen-bond donors (Lipinski definition) is 1. The summed E-state index contributed by atoms with van der Waals surface area (Å²) in [5.74, 6) is -0.911. The number of carboxylic acids is 1. The van der Waals surface area contributed by atoms with Gasteiger partial charge in [-0.25, -0.2) is 4.79 Å². The molecule has 172 valence electrons. The fourth-order valence-corrected chi connectivity index (χ4v) is 3.59. The molecule has 0 aliphatic rings. The highest BCUT2D eigenvalue weighted by atomic mass is 16.5. The van der Waals surface area contributed by atoms with E-state index in [4.69, 9.17) is 4.74 Å². The molecule has 1 aromatic heterocycles. The third-order valence-electron chi connectivity index (χ3n) is 5.49. The Morgan fingerprint density at radius 3 is 2.61 bits per heavy atom. The van der Waals surface area contributed by atoms with Gasteiger partial charge in [0.15, 0.2) is 6.10 Å². The zero-order chi connectivity index (χ0) is 23.6.